The van der Waals surface area contributed by atoms with E-state index < -0.39 is 0 Å². The summed E-state index contributed by atoms with van der Waals surface area (Å²) in [6.07, 6.45) is 1.22. The van der Waals surface area contributed by atoms with Crippen LogP contribution in [0.3, 0.4) is 0 Å². The number of carbonyl (C=O) groups is 1. The molecule has 1 unspecified atom stereocenters. The van der Waals surface area contributed by atoms with Gasteiger partial charge in [-0.05, 0) is 37.1 Å². The Kier molecular flexibility index (Phi) is 3.96. The summed E-state index contributed by atoms with van der Waals surface area (Å²) in [5, 5.41) is 14.8. The second-order valence-electron chi connectivity index (χ2n) is 4.61. The first-order valence-electron chi connectivity index (χ1n) is 6.21. The van der Waals surface area contributed by atoms with Crippen LogP contribution in [0.5, 0.6) is 0 Å². The molecule has 18 heavy (non-hydrogen) atoms. The van der Waals surface area contributed by atoms with Crippen molar-refractivity contribution in [3.8, 4) is 6.07 Å². The van der Waals surface area contributed by atoms with Gasteiger partial charge in [-0.2, -0.15) is 5.26 Å². The van der Waals surface area contributed by atoms with E-state index in [2.05, 4.69) is 22.8 Å². The molecule has 0 fully saturated rings. The maximum absolute atomic E-state index is 12.2. The third-order valence-corrected chi connectivity index (χ3v) is 3.16. The van der Waals surface area contributed by atoms with Gasteiger partial charge in [-0.15, -0.1) is 0 Å². The fourth-order valence-electron chi connectivity index (χ4n) is 2.23. The van der Waals surface area contributed by atoms with E-state index in [-0.39, 0.29) is 11.9 Å². The topological polar surface area (TPSA) is 64.9 Å². The van der Waals surface area contributed by atoms with Crippen LogP contribution < -0.4 is 10.6 Å². The van der Waals surface area contributed by atoms with E-state index in [1.54, 1.807) is 0 Å². The van der Waals surface area contributed by atoms with Crippen LogP contribution >= 0.6 is 0 Å². The van der Waals surface area contributed by atoms with Gasteiger partial charge in [-0.3, -0.25) is 4.79 Å². The summed E-state index contributed by atoms with van der Waals surface area (Å²) in [5.74, 6) is -0.0727. The number of nitrogens with zero attached hydrogens (tertiary/aromatic N) is 1. The molecule has 1 aromatic rings. The maximum atomic E-state index is 12.2. The molecule has 1 atom stereocenters. The van der Waals surface area contributed by atoms with Crippen LogP contribution in [0, 0.1) is 11.3 Å². The van der Waals surface area contributed by atoms with Crippen LogP contribution in [0.1, 0.15) is 34.8 Å². The van der Waals surface area contributed by atoms with Crippen molar-refractivity contribution in [2.24, 2.45) is 0 Å². The molecule has 0 bridgehead atoms. The molecule has 1 aromatic carbocycles. The second-order valence-corrected chi connectivity index (χ2v) is 4.61. The molecule has 94 valence electrons. The van der Waals surface area contributed by atoms with Crippen LogP contribution in [0.25, 0.3) is 0 Å². The quantitative estimate of drug-likeness (QED) is 0.842. The Bertz CT molecular complexity index is 490. The largest absolute Gasteiger partial charge is 0.349 e. The fraction of sp³-hybridized carbons (Fsp3) is 0.429. The van der Waals surface area contributed by atoms with Crippen molar-refractivity contribution >= 4 is 5.91 Å². The van der Waals surface area contributed by atoms with Gasteiger partial charge in [0.2, 0.25) is 0 Å². The molecule has 1 aliphatic rings. The molecule has 0 spiro atoms. The van der Waals surface area contributed by atoms with E-state index >= 15 is 0 Å². The van der Waals surface area contributed by atoms with Crippen molar-refractivity contribution in [1.29, 1.82) is 5.26 Å². The molecule has 2 rings (SSSR count). The van der Waals surface area contributed by atoms with E-state index in [0.717, 1.165) is 30.6 Å². The lowest BCUT2D eigenvalue weighted by molar-refractivity contribution is 0.0939. The number of carbonyl (C=O) groups excluding carboxylic acids is 1. The van der Waals surface area contributed by atoms with E-state index in [9.17, 15) is 4.79 Å². The van der Waals surface area contributed by atoms with Gasteiger partial charge in [0.1, 0.15) is 0 Å². The summed E-state index contributed by atoms with van der Waals surface area (Å²) < 4.78 is 0. The first-order valence-corrected chi connectivity index (χ1v) is 6.21. The van der Waals surface area contributed by atoms with Gasteiger partial charge in [-0.25, -0.2) is 0 Å². The lowest BCUT2D eigenvalue weighted by Crippen LogP contribution is -2.34. The van der Waals surface area contributed by atoms with Gasteiger partial charge in [0, 0.05) is 18.2 Å². The maximum Gasteiger partial charge on any atom is 0.251 e. The van der Waals surface area contributed by atoms with Crippen molar-refractivity contribution in [3.05, 3.63) is 34.9 Å². The fourth-order valence-corrected chi connectivity index (χ4v) is 2.23. The van der Waals surface area contributed by atoms with Crippen molar-refractivity contribution < 1.29 is 4.79 Å². The average molecular weight is 243 g/mol. The molecule has 0 radical (unpaired) electrons. The van der Waals surface area contributed by atoms with Crippen molar-refractivity contribution in [1.82, 2.24) is 10.6 Å². The third-order valence-electron chi connectivity index (χ3n) is 3.16. The summed E-state index contributed by atoms with van der Waals surface area (Å²) in [6.45, 7) is 3.58. The van der Waals surface area contributed by atoms with E-state index in [1.807, 2.05) is 19.1 Å². The summed E-state index contributed by atoms with van der Waals surface area (Å²) in [7, 11) is 0. The Morgan fingerprint density at radius 1 is 1.61 bits per heavy atom. The van der Waals surface area contributed by atoms with Crippen molar-refractivity contribution in [2.45, 2.75) is 32.4 Å². The highest BCUT2D eigenvalue weighted by Crippen LogP contribution is 2.18. The predicted molar refractivity (Wildman–Crippen MR) is 69.0 cm³/mol. The van der Waals surface area contributed by atoms with E-state index in [4.69, 9.17) is 5.26 Å². The van der Waals surface area contributed by atoms with Gasteiger partial charge >= 0.3 is 0 Å². The van der Waals surface area contributed by atoms with Gasteiger partial charge in [0.15, 0.2) is 0 Å². The summed E-state index contributed by atoms with van der Waals surface area (Å²) >= 11 is 0. The minimum absolute atomic E-state index is 0.0727. The van der Waals surface area contributed by atoms with Crippen LogP contribution in [0.15, 0.2) is 18.2 Å². The average Bonchev–Trinajstić information content (AvgIpc) is 2.38. The molecule has 0 aromatic heterocycles. The lowest BCUT2D eigenvalue weighted by Gasteiger charge is -2.20. The number of amides is 1. The minimum atomic E-state index is -0.111. The first kappa shape index (κ1) is 12.6. The van der Waals surface area contributed by atoms with Crippen LogP contribution in [-0.4, -0.2) is 18.5 Å². The number of nitrogens with one attached hydrogen (secondary N) is 2. The van der Waals surface area contributed by atoms with Gasteiger partial charge < -0.3 is 10.6 Å². The Morgan fingerprint density at radius 2 is 2.44 bits per heavy atom. The molecule has 0 aliphatic carbocycles. The first-order chi connectivity index (χ1) is 8.72. The minimum Gasteiger partial charge on any atom is -0.349 e. The number of rotatable bonds is 3. The SMILES string of the molecule is CC(CC#N)NC(=O)c1cccc2c1CCNC2. The molecular weight excluding hydrogens is 226 g/mol. The molecule has 0 saturated heterocycles. The molecule has 1 amide bonds. The molecule has 1 aliphatic heterocycles. The van der Waals surface area contributed by atoms with Gasteiger partial charge in [0.05, 0.1) is 12.5 Å². The highest BCUT2D eigenvalue weighted by molar-refractivity contribution is 5.96. The standard InChI is InChI=1S/C14H17N3O/c1-10(5-7-15)17-14(18)13-4-2-3-11-9-16-8-6-12(11)13/h2-4,10,16H,5-6,8-9H2,1H3,(H,17,18). The Morgan fingerprint density at radius 3 is 3.22 bits per heavy atom. The van der Waals surface area contributed by atoms with Crippen LogP contribution in [0.2, 0.25) is 0 Å². The number of fused-ring (bicyclic) bond motifs is 1. The molecular formula is C14H17N3O. The zero-order valence-electron chi connectivity index (χ0n) is 10.5. The van der Waals surface area contributed by atoms with Gasteiger partial charge in [-0.1, -0.05) is 12.1 Å². The zero-order valence-corrected chi connectivity index (χ0v) is 10.5. The monoisotopic (exact) mass is 243 g/mol. The number of hydrogen-bond donors (Lipinski definition) is 2. The summed E-state index contributed by atoms with van der Waals surface area (Å²) in [6, 6.07) is 7.78. The summed E-state index contributed by atoms with van der Waals surface area (Å²) in [5.41, 5.74) is 3.08. The zero-order chi connectivity index (χ0) is 13.0. The van der Waals surface area contributed by atoms with Gasteiger partial charge in [0.25, 0.3) is 5.91 Å². The lowest BCUT2D eigenvalue weighted by atomic mass is 9.95. The third kappa shape index (κ3) is 2.69. The Hall–Kier alpha value is -1.86. The van der Waals surface area contributed by atoms with Crippen molar-refractivity contribution in [2.75, 3.05) is 6.54 Å². The van der Waals surface area contributed by atoms with Crippen LogP contribution in [-0.2, 0) is 13.0 Å². The highest BCUT2D eigenvalue weighted by Gasteiger charge is 2.18. The molecule has 2 N–H and O–H groups in total. The molecule has 1 heterocycles. The number of hydrogen-bond acceptors (Lipinski definition) is 3. The predicted octanol–water partition coefficient (Wildman–Crippen LogP) is 1.36. The summed E-state index contributed by atoms with van der Waals surface area (Å²) in [4.78, 5) is 12.2. The number of nitriles is 1. The van der Waals surface area contributed by atoms with E-state index in [1.165, 1.54) is 5.56 Å². The molecule has 4 heteroatoms. The smallest absolute Gasteiger partial charge is 0.251 e. The molecule has 0 saturated carbocycles. The van der Waals surface area contributed by atoms with E-state index in [0.29, 0.717) is 6.42 Å². The Labute approximate surface area is 107 Å². The van der Waals surface area contributed by atoms with Crippen molar-refractivity contribution in [3.63, 3.8) is 0 Å². The highest BCUT2D eigenvalue weighted by atomic mass is 16.1. The second kappa shape index (κ2) is 5.65. The Balaban J connectivity index is 2.18. The normalized spacial score (nSPS) is 15.3. The van der Waals surface area contributed by atoms with Crippen LogP contribution in [0.4, 0.5) is 0 Å². The number of benzene rings is 1. The molecule has 4 nitrogen and oxygen atoms in total.